The number of benzene rings is 1. The van der Waals surface area contributed by atoms with E-state index in [0.717, 1.165) is 5.56 Å². The van der Waals surface area contributed by atoms with Crippen LogP contribution in [0.2, 0.25) is 0 Å². The number of hydrogen-bond donors (Lipinski definition) is 0. The molecule has 0 saturated heterocycles. The van der Waals surface area contributed by atoms with Gasteiger partial charge in [-0.05, 0) is 37.6 Å². The summed E-state index contributed by atoms with van der Waals surface area (Å²) >= 11 is 0. The van der Waals surface area contributed by atoms with E-state index in [1.165, 1.54) is 0 Å². The van der Waals surface area contributed by atoms with Crippen LogP contribution in [0.4, 0.5) is 0 Å². The van der Waals surface area contributed by atoms with Crippen molar-refractivity contribution in [1.82, 2.24) is 4.90 Å². The number of amides is 1. The molecule has 1 aliphatic heterocycles. The van der Waals surface area contributed by atoms with Crippen LogP contribution in [0.3, 0.4) is 0 Å². The third kappa shape index (κ3) is 4.86. The van der Waals surface area contributed by atoms with Crippen LogP contribution in [-0.2, 0) is 19.1 Å². The SMILES string of the molecule is C=CCOc1cccc(/C=C2\C(=O)N(CCOC)C(C)=C2C(=O)OCC)c1. The highest BCUT2D eigenvalue weighted by atomic mass is 16.5. The fourth-order valence-electron chi connectivity index (χ4n) is 2.80. The molecule has 1 heterocycles. The molecular weight excluding hydrogens is 346 g/mol. The summed E-state index contributed by atoms with van der Waals surface area (Å²) in [6.07, 6.45) is 3.34. The number of rotatable bonds is 9. The van der Waals surface area contributed by atoms with Gasteiger partial charge in [0.25, 0.3) is 5.91 Å². The van der Waals surface area contributed by atoms with Gasteiger partial charge in [-0.2, -0.15) is 0 Å². The van der Waals surface area contributed by atoms with Crippen molar-refractivity contribution in [3.8, 4) is 5.75 Å². The summed E-state index contributed by atoms with van der Waals surface area (Å²) in [7, 11) is 1.57. The molecule has 0 N–H and O–H groups in total. The Hall–Kier alpha value is -2.86. The van der Waals surface area contributed by atoms with Crippen LogP contribution < -0.4 is 4.74 Å². The molecule has 144 valence electrons. The number of hydrogen-bond acceptors (Lipinski definition) is 5. The summed E-state index contributed by atoms with van der Waals surface area (Å²) in [5.41, 5.74) is 1.92. The van der Waals surface area contributed by atoms with Gasteiger partial charge in [0.1, 0.15) is 12.4 Å². The van der Waals surface area contributed by atoms with Gasteiger partial charge in [-0.25, -0.2) is 4.79 Å². The van der Waals surface area contributed by atoms with E-state index in [-0.39, 0.29) is 18.1 Å². The molecule has 0 aromatic heterocycles. The highest BCUT2D eigenvalue weighted by Crippen LogP contribution is 2.32. The maximum absolute atomic E-state index is 12.9. The second-order valence-electron chi connectivity index (χ2n) is 5.86. The molecule has 2 rings (SSSR count). The van der Waals surface area contributed by atoms with Crippen molar-refractivity contribution in [3.05, 3.63) is 59.3 Å². The van der Waals surface area contributed by atoms with Crippen LogP contribution in [0.15, 0.2) is 53.8 Å². The van der Waals surface area contributed by atoms with E-state index in [2.05, 4.69) is 6.58 Å². The Morgan fingerprint density at radius 3 is 2.78 bits per heavy atom. The van der Waals surface area contributed by atoms with E-state index < -0.39 is 5.97 Å². The number of carbonyl (C=O) groups excluding carboxylic acids is 2. The first-order valence-electron chi connectivity index (χ1n) is 8.78. The Balaban J connectivity index is 2.42. The Kier molecular flexibility index (Phi) is 7.37. The molecule has 0 aliphatic carbocycles. The molecule has 0 radical (unpaired) electrons. The second kappa shape index (κ2) is 9.73. The van der Waals surface area contributed by atoms with Crippen molar-refractivity contribution in [3.63, 3.8) is 0 Å². The Bertz CT molecular complexity index is 779. The third-order valence-corrected chi connectivity index (χ3v) is 4.05. The van der Waals surface area contributed by atoms with Gasteiger partial charge in [-0.3, -0.25) is 4.79 Å². The fraction of sp³-hybridized carbons (Fsp3) is 0.333. The first-order valence-corrected chi connectivity index (χ1v) is 8.78. The number of esters is 1. The minimum atomic E-state index is -0.506. The molecule has 6 heteroatoms. The van der Waals surface area contributed by atoms with Crippen LogP contribution in [0.25, 0.3) is 6.08 Å². The van der Waals surface area contributed by atoms with E-state index >= 15 is 0 Å². The zero-order valence-corrected chi connectivity index (χ0v) is 16.0. The van der Waals surface area contributed by atoms with Crippen molar-refractivity contribution >= 4 is 18.0 Å². The van der Waals surface area contributed by atoms with Gasteiger partial charge >= 0.3 is 5.97 Å². The summed E-state index contributed by atoms with van der Waals surface area (Å²) in [5, 5.41) is 0. The molecule has 0 bridgehead atoms. The number of allylic oxidation sites excluding steroid dienone is 1. The lowest BCUT2D eigenvalue weighted by Crippen LogP contribution is -2.28. The van der Waals surface area contributed by atoms with E-state index in [0.29, 0.717) is 36.8 Å². The molecule has 1 aromatic carbocycles. The fourth-order valence-corrected chi connectivity index (χ4v) is 2.80. The number of carbonyl (C=O) groups is 2. The average Bonchev–Trinajstić information content (AvgIpc) is 2.88. The van der Waals surface area contributed by atoms with Crippen LogP contribution in [0, 0.1) is 0 Å². The monoisotopic (exact) mass is 371 g/mol. The van der Waals surface area contributed by atoms with E-state index in [9.17, 15) is 9.59 Å². The molecule has 6 nitrogen and oxygen atoms in total. The number of nitrogens with zero attached hydrogens (tertiary/aromatic N) is 1. The molecule has 27 heavy (non-hydrogen) atoms. The largest absolute Gasteiger partial charge is 0.490 e. The zero-order valence-electron chi connectivity index (χ0n) is 16.0. The third-order valence-electron chi connectivity index (χ3n) is 4.05. The van der Waals surface area contributed by atoms with Crippen LogP contribution in [0.1, 0.15) is 19.4 Å². The van der Waals surface area contributed by atoms with E-state index in [4.69, 9.17) is 14.2 Å². The highest BCUT2D eigenvalue weighted by molar-refractivity contribution is 6.16. The quantitative estimate of drug-likeness (QED) is 0.379. The van der Waals surface area contributed by atoms with Gasteiger partial charge < -0.3 is 19.1 Å². The smallest absolute Gasteiger partial charge is 0.340 e. The molecule has 1 aliphatic rings. The number of methoxy groups -OCH3 is 1. The normalized spacial score (nSPS) is 15.4. The average molecular weight is 371 g/mol. The molecule has 0 saturated carbocycles. The topological polar surface area (TPSA) is 65.1 Å². The lowest BCUT2D eigenvalue weighted by atomic mass is 10.0. The minimum absolute atomic E-state index is 0.236. The zero-order chi connectivity index (χ0) is 19.8. The standard InChI is InChI=1S/C21H25NO5/c1-5-11-27-17-9-7-8-16(13-17)14-18-19(21(24)26-6-2)15(3)22(20(18)23)10-12-25-4/h5,7-9,13-14H,1,6,10-12H2,2-4H3/b18-14-. The summed E-state index contributed by atoms with van der Waals surface area (Å²) in [4.78, 5) is 26.9. The van der Waals surface area contributed by atoms with Crippen molar-refractivity contribution in [2.75, 3.05) is 33.5 Å². The summed E-state index contributed by atoms with van der Waals surface area (Å²) in [5.74, 6) is -0.0945. The molecule has 0 spiro atoms. The van der Waals surface area contributed by atoms with E-state index in [1.54, 1.807) is 44.1 Å². The maximum atomic E-state index is 12.9. The van der Waals surface area contributed by atoms with E-state index in [1.807, 2.05) is 18.2 Å². The second-order valence-corrected chi connectivity index (χ2v) is 5.86. The lowest BCUT2D eigenvalue weighted by Gasteiger charge is -2.16. The van der Waals surface area contributed by atoms with Crippen molar-refractivity contribution in [1.29, 1.82) is 0 Å². The molecule has 1 amide bonds. The first-order chi connectivity index (χ1) is 13.0. The minimum Gasteiger partial charge on any atom is -0.490 e. The summed E-state index contributed by atoms with van der Waals surface area (Å²) in [6, 6.07) is 7.30. The summed E-state index contributed by atoms with van der Waals surface area (Å²) < 4.78 is 15.8. The van der Waals surface area contributed by atoms with Crippen molar-refractivity contribution in [2.24, 2.45) is 0 Å². The van der Waals surface area contributed by atoms with Gasteiger partial charge in [0.15, 0.2) is 0 Å². The van der Waals surface area contributed by atoms with Gasteiger partial charge in [-0.1, -0.05) is 24.8 Å². The van der Waals surface area contributed by atoms with Crippen molar-refractivity contribution < 1.29 is 23.8 Å². The predicted octanol–water partition coefficient (Wildman–Crippen LogP) is 2.96. The maximum Gasteiger partial charge on any atom is 0.340 e. The van der Waals surface area contributed by atoms with Crippen LogP contribution in [-0.4, -0.2) is 50.3 Å². The molecule has 0 unspecified atom stereocenters. The van der Waals surface area contributed by atoms with Crippen molar-refractivity contribution in [2.45, 2.75) is 13.8 Å². The molecular formula is C21H25NO5. The Morgan fingerprint density at radius 2 is 2.11 bits per heavy atom. The van der Waals surface area contributed by atoms with Gasteiger partial charge in [0.2, 0.25) is 0 Å². The Morgan fingerprint density at radius 1 is 1.33 bits per heavy atom. The van der Waals surface area contributed by atoms with Gasteiger partial charge in [0, 0.05) is 19.4 Å². The molecule has 0 atom stereocenters. The molecule has 0 fully saturated rings. The highest BCUT2D eigenvalue weighted by Gasteiger charge is 2.36. The molecule has 1 aromatic rings. The first kappa shape index (κ1) is 20.5. The van der Waals surface area contributed by atoms with Gasteiger partial charge in [0.05, 0.1) is 24.4 Å². The van der Waals surface area contributed by atoms with Gasteiger partial charge in [-0.15, -0.1) is 0 Å². The number of ether oxygens (including phenoxy) is 3. The lowest BCUT2D eigenvalue weighted by molar-refractivity contribution is -0.138. The predicted molar refractivity (Wildman–Crippen MR) is 103 cm³/mol. The van der Waals surface area contributed by atoms with Crippen LogP contribution >= 0.6 is 0 Å². The van der Waals surface area contributed by atoms with Crippen LogP contribution in [0.5, 0.6) is 5.75 Å². The summed E-state index contributed by atoms with van der Waals surface area (Å²) in [6.45, 7) is 8.46. The Labute approximate surface area is 159 Å².